The molecule has 0 aliphatic rings. The van der Waals surface area contributed by atoms with Crippen LogP contribution in [0.2, 0.25) is 0 Å². The van der Waals surface area contributed by atoms with E-state index in [2.05, 4.69) is 53.7 Å². The first-order chi connectivity index (χ1) is 14.4. The van der Waals surface area contributed by atoms with E-state index in [0.29, 0.717) is 13.2 Å². The van der Waals surface area contributed by atoms with Gasteiger partial charge in [0.25, 0.3) is 5.91 Å². The number of rotatable bonds is 6. The highest BCUT2D eigenvalue weighted by Gasteiger charge is 2.14. The average Bonchev–Trinajstić information content (AvgIpc) is 3.42. The number of nitrogens with zero attached hydrogens (tertiary/aromatic N) is 7. The number of anilines is 1. The second kappa shape index (κ2) is 8.23. The third-order valence-corrected chi connectivity index (χ3v) is 5.82. The number of aryl methyl sites for hydroxylation is 2. The van der Waals surface area contributed by atoms with Crippen LogP contribution in [-0.4, -0.2) is 40.2 Å². The van der Waals surface area contributed by atoms with Gasteiger partial charge in [-0.25, -0.2) is 14.3 Å². The second-order valence-electron chi connectivity index (χ2n) is 7.07. The molecule has 0 atom stereocenters. The van der Waals surface area contributed by atoms with Crippen molar-refractivity contribution in [3.05, 3.63) is 75.5 Å². The molecule has 1 N–H and O–H groups in total. The normalized spacial score (nSPS) is 11.1. The van der Waals surface area contributed by atoms with Crippen molar-refractivity contribution >= 4 is 27.8 Å². The molecule has 3 heterocycles. The monoisotopic (exact) mass is 468 g/mol. The number of benzene rings is 1. The number of amides is 1. The summed E-state index contributed by atoms with van der Waals surface area (Å²) in [6.45, 7) is 6.94. The number of hydrogen-bond donors (Lipinski definition) is 1. The number of nitrogens with one attached hydrogen (secondary N) is 1. The van der Waals surface area contributed by atoms with Gasteiger partial charge in [-0.3, -0.25) is 14.8 Å². The van der Waals surface area contributed by atoms with Gasteiger partial charge in [0.1, 0.15) is 13.0 Å². The van der Waals surface area contributed by atoms with Gasteiger partial charge in [0.15, 0.2) is 5.69 Å². The zero-order valence-electron chi connectivity index (χ0n) is 16.9. The summed E-state index contributed by atoms with van der Waals surface area (Å²) < 4.78 is 6.13. The van der Waals surface area contributed by atoms with Crippen molar-refractivity contribution in [1.29, 1.82) is 0 Å². The number of carbonyl (C=O) groups excluding carboxylic acids is 1. The lowest BCUT2D eigenvalue weighted by Crippen LogP contribution is -2.16. The Kier molecular flexibility index (Phi) is 5.49. The minimum Gasteiger partial charge on any atom is -0.288 e. The van der Waals surface area contributed by atoms with Crippen LogP contribution in [-0.2, 0) is 13.2 Å². The lowest BCUT2D eigenvalue weighted by molar-refractivity contribution is 0.102. The van der Waals surface area contributed by atoms with E-state index in [1.165, 1.54) is 5.56 Å². The highest BCUT2D eigenvalue weighted by Crippen LogP contribution is 2.19. The molecular weight excluding hydrogens is 448 g/mol. The molecule has 0 saturated heterocycles. The van der Waals surface area contributed by atoms with Crippen LogP contribution in [0.5, 0.6) is 0 Å². The molecule has 4 aromatic rings. The molecule has 0 aliphatic carbocycles. The molecule has 1 amide bonds. The number of carbonyl (C=O) groups is 1. The van der Waals surface area contributed by atoms with E-state index in [-0.39, 0.29) is 17.5 Å². The molecule has 3 aromatic heterocycles. The predicted octanol–water partition coefficient (Wildman–Crippen LogP) is 3.17. The average molecular weight is 469 g/mol. The molecule has 154 valence electrons. The van der Waals surface area contributed by atoms with E-state index >= 15 is 0 Å². The molecular formula is C20H21BrN8O. The minimum absolute atomic E-state index is 0.240. The molecule has 0 saturated carbocycles. The first kappa shape index (κ1) is 20.0. The maximum atomic E-state index is 12.5. The topological polar surface area (TPSA) is 95.5 Å². The van der Waals surface area contributed by atoms with Crippen LogP contribution < -0.4 is 5.32 Å². The number of aromatic nitrogens is 7. The molecule has 0 bridgehead atoms. The summed E-state index contributed by atoms with van der Waals surface area (Å²) in [6, 6.07) is 9.85. The standard InChI is InChI=1S/C20H21BrN8O/c1-13-4-6-16(7-5-13)10-28-11-22-20(26-28)23-19(30)17-8-9-27(25-17)12-29-15(3)18(21)14(2)24-29/h4-9,11H,10,12H2,1-3H3,(H,23,26,30). The Hall–Kier alpha value is -3.27. The van der Waals surface area contributed by atoms with Gasteiger partial charge in [-0.15, -0.1) is 5.10 Å². The first-order valence-corrected chi connectivity index (χ1v) is 10.2. The summed E-state index contributed by atoms with van der Waals surface area (Å²) in [7, 11) is 0. The number of halogens is 1. The van der Waals surface area contributed by atoms with Crippen LogP contribution in [0.25, 0.3) is 0 Å². The fourth-order valence-electron chi connectivity index (χ4n) is 2.99. The smallest absolute Gasteiger partial charge is 0.278 e. The molecule has 0 fully saturated rings. The molecule has 0 radical (unpaired) electrons. The molecule has 0 aliphatic heterocycles. The van der Waals surface area contributed by atoms with Crippen LogP contribution in [0.3, 0.4) is 0 Å². The predicted molar refractivity (Wildman–Crippen MR) is 115 cm³/mol. The van der Waals surface area contributed by atoms with Gasteiger partial charge >= 0.3 is 0 Å². The van der Waals surface area contributed by atoms with Gasteiger partial charge in [-0.1, -0.05) is 29.8 Å². The largest absolute Gasteiger partial charge is 0.288 e. The van der Waals surface area contributed by atoms with Crippen molar-refractivity contribution in [1.82, 2.24) is 34.3 Å². The van der Waals surface area contributed by atoms with Gasteiger partial charge in [0.05, 0.1) is 22.4 Å². The Labute approximate surface area is 181 Å². The molecule has 4 rings (SSSR count). The summed E-state index contributed by atoms with van der Waals surface area (Å²) >= 11 is 3.51. The summed E-state index contributed by atoms with van der Waals surface area (Å²) in [5, 5.41) is 15.8. The zero-order valence-corrected chi connectivity index (χ0v) is 18.5. The van der Waals surface area contributed by atoms with E-state index in [1.807, 2.05) is 37.6 Å². The quantitative estimate of drug-likeness (QED) is 0.468. The van der Waals surface area contributed by atoms with E-state index < -0.39 is 0 Å². The van der Waals surface area contributed by atoms with Crippen molar-refractivity contribution < 1.29 is 4.79 Å². The lowest BCUT2D eigenvalue weighted by Gasteiger charge is -2.04. The van der Waals surface area contributed by atoms with E-state index in [9.17, 15) is 4.79 Å². The van der Waals surface area contributed by atoms with Crippen LogP contribution in [0.15, 0.2) is 47.3 Å². The SMILES string of the molecule is Cc1ccc(Cn2cnc(NC(=O)c3ccn(Cn4nc(C)c(Br)c4C)n3)n2)cc1. The number of hydrogen-bond acceptors (Lipinski definition) is 5. The first-order valence-electron chi connectivity index (χ1n) is 9.38. The van der Waals surface area contributed by atoms with Crippen LogP contribution in [0.1, 0.15) is 33.0 Å². The molecule has 10 heteroatoms. The maximum absolute atomic E-state index is 12.5. The summed E-state index contributed by atoms with van der Waals surface area (Å²) in [5.74, 6) is -0.125. The van der Waals surface area contributed by atoms with E-state index in [4.69, 9.17) is 0 Å². The van der Waals surface area contributed by atoms with Crippen molar-refractivity contribution in [2.24, 2.45) is 0 Å². The molecule has 30 heavy (non-hydrogen) atoms. The molecule has 0 spiro atoms. The van der Waals surface area contributed by atoms with Crippen LogP contribution in [0, 0.1) is 20.8 Å². The lowest BCUT2D eigenvalue weighted by atomic mass is 10.1. The van der Waals surface area contributed by atoms with E-state index in [0.717, 1.165) is 21.4 Å². The fourth-order valence-corrected chi connectivity index (χ4v) is 3.27. The van der Waals surface area contributed by atoms with Gasteiger partial charge in [0.2, 0.25) is 5.95 Å². The van der Waals surface area contributed by atoms with Gasteiger partial charge in [0, 0.05) is 6.20 Å². The van der Waals surface area contributed by atoms with Gasteiger partial charge < -0.3 is 0 Å². The summed E-state index contributed by atoms with van der Waals surface area (Å²) in [4.78, 5) is 16.7. The van der Waals surface area contributed by atoms with Crippen LogP contribution in [0.4, 0.5) is 5.95 Å². The summed E-state index contributed by atoms with van der Waals surface area (Å²) in [6.07, 6.45) is 3.33. The highest BCUT2D eigenvalue weighted by atomic mass is 79.9. The Morgan fingerprint density at radius 3 is 2.50 bits per heavy atom. The highest BCUT2D eigenvalue weighted by molar-refractivity contribution is 9.10. The minimum atomic E-state index is -0.364. The third kappa shape index (κ3) is 4.33. The van der Waals surface area contributed by atoms with Crippen LogP contribution >= 0.6 is 15.9 Å². The van der Waals surface area contributed by atoms with Gasteiger partial charge in [-0.2, -0.15) is 10.2 Å². The Bertz CT molecular complexity index is 1190. The third-order valence-electron chi connectivity index (χ3n) is 4.67. The molecule has 1 aromatic carbocycles. The van der Waals surface area contributed by atoms with Crippen molar-refractivity contribution in [3.8, 4) is 0 Å². The van der Waals surface area contributed by atoms with Gasteiger partial charge in [-0.05, 0) is 48.3 Å². The maximum Gasteiger partial charge on any atom is 0.278 e. The summed E-state index contributed by atoms with van der Waals surface area (Å²) in [5.41, 5.74) is 4.50. The fraction of sp³-hybridized carbons (Fsp3) is 0.250. The molecule has 0 unspecified atom stereocenters. The van der Waals surface area contributed by atoms with Crippen molar-refractivity contribution in [2.45, 2.75) is 34.0 Å². The van der Waals surface area contributed by atoms with Crippen molar-refractivity contribution in [3.63, 3.8) is 0 Å². The zero-order chi connectivity index (χ0) is 21.3. The Morgan fingerprint density at radius 1 is 1.03 bits per heavy atom. The Morgan fingerprint density at radius 2 is 1.80 bits per heavy atom. The Balaban J connectivity index is 1.39. The van der Waals surface area contributed by atoms with E-state index in [1.54, 1.807) is 28.0 Å². The van der Waals surface area contributed by atoms with Crippen molar-refractivity contribution in [2.75, 3.05) is 5.32 Å². The molecule has 9 nitrogen and oxygen atoms in total. The second-order valence-corrected chi connectivity index (χ2v) is 7.86.